The Hall–Kier alpha value is -0.420. The number of ether oxygens (including phenoxy) is 1. The van der Waals surface area contributed by atoms with Gasteiger partial charge in [0.15, 0.2) is 0 Å². The van der Waals surface area contributed by atoms with Crippen LogP contribution >= 0.6 is 11.3 Å². The highest BCUT2D eigenvalue weighted by atomic mass is 32.1. The number of thiophene rings is 1. The molecule has 3 nitrogen and oxygen atoms in total. The first kappa shape index (κ1) is 13.6. The van der Waals surface area contributed by atoms with Crippen LogP contribution in [0.2, 0.25) is 0 Å². The standard InChI is InChI=1S/C15H24N2OS/c1-2-15(19-9-1)11-17(14-3-4-14)7-6-16-10-13-5-8-18-12-13/h1-2,9,13-14,16H,3-8,10-12H2. The lowest BCUT2D eigenvalue weighted by Gasteiger charge is -2.21. The van der Waals surface area contributed by atoms with E-state index in [2.05, 4.69) is 27.7 Å². The normalized spacial score (nSPS) is 23.3. The van der Waals surface area contributed by atoms with Gasteiger partial charge in [0.1, 0.15) is 0 Å². The second-order valence-electron chi connectivity index (χ2n) is 5.71. The van der Waals surface area contributed by atoms with Crippen molar-refractivity contribution in [3.05, 3.63) is 22.4 Å². The lowest BCUT2D eigenvalue weighted by atomic mass is 10.1. The summed E-state index contributed by atoms with van der Waals surface area (Å²) in [6, 6.07) is 5.26. The third kappa shape index (κ3) is 4.28. The van der Waals surface area contributed by atoms with Crippen molar-refractivity contribution in [2.24, 2.45) is 5.92 Å². The fraction of sp³-hybridized carbons (Fsp3) is 0.733. The predicted octanol–water partition coefficient (Wildman–Crippen LogP) is 2.34. The molecule has 3 rings (SSSR count). The zero-order valence-electron chi connectivity index (χ0n) is 11.5. The Bertz CT molecular complexity index is 358. The molecule has 1 unspecified atom stereocenters. The minimum absolute atomic E-state index is 0.742. The second kappa shape index (κ2) is 6.84. The van der Waals surface area contributed by atoms with E-state index < -0.39 is 0 Å². The number of hydrogen-bond acceptors (Lipinski definition) is 4. The summed E-state index contributed by atoms with van der Waals surface area (Å²) in [4.78, 5) is 4.14. The Balaban J connectivity index is 1.36. The van der Waals surface area contributed by atoms with Crippen molar-refractivity contribution in [3.63, 3.8) is 0 Å². The Morgan fingerprint density at radius 2 is 2.32 bits per heavy atom. The fourth-order valence-electron chi connectivity index (χ4n) is 2.71. The molecule has 1 aliphatic heterocycles. The van der Waals surface area contributed by atoms with Crippen molar-refractivity contribution in [2.75, 3.05) is 32.8 Å². The monoisotopic (exact) mass is 280 g/mol. The highest BCUT2D eigenvalue weighted by Crippen LogP contribution is 2.28. The van der Waals surface area contributed by atoms with E-state index in [1.807, 2.05) is 11.3 Å². The number of hydrogen-bond donors (Lipinski definition) is 1. The van der Waals surface area contributed by atoms with Crippen LogP contribution in [0.5, 0.6) is 0 Å². The van der Waals surface area contributed by atoms with Crippen molar-refractivity contribution in [1.82, 2.24) is 10.2 Å². The van der Waals surface area contributed by atoms with Gasteiger partial charge in [0.05, 0.1) is 6.61 Å². The lowest BCUT2D eigenvalue weighted by molar-refractivity contribution is 0.184. The molecule has 0 radical (unpaired) electrons. The van der Waals surface area contributed by atoms with E-state index in [0.29, 0.717) is 0 Å². The van der Waals surface area contributed by atoms with Crippen LogP contribution in [0, 0.1) is 5.92 Å². The van der Waals surface area contributed by atoms with Gasteiger partial charge >= 0.3 is 0 Å². The van der Waals surface area contributed by atoms with E-state index in [1.54, 1.807) is 0 Å². The van der Waals surface area contributed by atoms with E-state index >= 15 is 0 Å². The first-order valence-corrected chi connectivity index (χ1v) is 8.34. The summed E-state index contributed by atoms with van der Waals surface area (Å²) >= 11 is 1.88. The topological polar surface area (TPSA) is 24.5 Å². The molecule has 1 saturated heterocycles. The second-order valence-corrected chi connectivity index (χ2v) is 6.75. The molecule has 106 valence electrons. The minimum atomic E-state index is 0.742. The van der Waals surface area contributed by atoms with Crippen LogP contribution in [0.3, 0.4) is 0 Å². The van der Waals surface area contributed by atoms with Crippen molar-refractivity contribution in [2.45, 2.75) is 31.8 Å². The molecule has 0 bridgehead atoms. The third-order valence-electron chi connectivity index (χ3n) is 4.04. The van der Waals surface area contributed by atoms with Gasteiger partial charge in [-0.3, -0.25) is 4.90 Å². The van der Waals surface area contributed by atoms with Crippen LogP contribution in [0.15, 0.2) is 17.5 Å². The van der Waals surface area contributed by atoms with Crippen LogP contribution in [0.4, 0.5) is 0 Å². The summed E-state index contributed by atoms with van der Waals surface area (Å²) in [5, 5.41) is 5.78. The van der Waals surface area contributed by atoms with Crippen molar-refractivity contribution < 1.29 is 4.74 Å². The van der Waals surface area contributed by atoms with Gasteiger partial charge in [0.2, 0.25) is 0 Å². The minimum Gasteiger partial charge on any atom is -0.381 e. The van der Waals surface area contributed by atoms with Crippen LogP contribution in [0.25, 0.3) is 0 Å². The lowest BCUT2D eigenvalue weighted by Crippen LogP contribution is -2.35. The molecule has 19 heavy (non-hydrogen) atoms. The van der Waals surface area contributed by atoms with Gasteiger partial charge in [-0.15, -0.1) is 11.3 Å². The van der Waals surface area contributed by atoms with Crippen LogP contribution in [-0.4, -0.2) is 43.8 Å². The fourth-order valence-corrected chi connectivity index (χ4v) is 3.44. The quantitative estimate of drug-likeness (QED) is 0.740. The SMILES string of the molecule is c1csc(CN(CCNCC2CCOC2)C2CC2)c1. The summed E-state index contributed by atoms with van der Waals surface area (Å²) in [6.45, 7) is 6.45. The van der Waals surface area contributed by atoms with Crippen LogP contribution in [-0.2, 0) is 11.3 Å². The molecule has 1 aromatic rings. The first-order chi connectivity index (χ1) is 9.42. The molecular weight excluding hydrogens is 256 g/mol. The number of nitrogens with zero attached hydrogens (tertiary/aromatic N) is 1. The van der Waals surface area contributed by atoms with Crippen molar-refractivity contribution in [1.29, 1.82) is 0 Å². The average molecular weight is 280 g/mol. The Morgan fingerprint density at radius 1 is 1.37 bits per heavy atom. The first-order valence-electron chi connectivity index (χ1n) is 7.47. The molecule has 4 heteroatoms. The van der Waals surface area contributed by atoms with Gasteiger partial charge in [-0.05, 0) is 36.6 Å². The highest BCUT2D eigenvalue weighted by Gasteiger charge is 2.28. The summed E-state index contributed by atoms with van der Waals surface area (Å²) in [5.74, 6) is 0.742. The molecule has 2 aliphatic rings. The number of nitrogens with one attached hydrogen (secondary N) is 1. The summed E-state index contributed by atoms with van der Waals surface area (Å²) in [7, 11) is 0. The van der Waals surface area contributed by atoms with Crippen molar-refractivity contribution >= 4 is 11.3 Å². The van der Waals surface area contributed by atoms with E-state index in [-0.39, 0.29) is 0 Å². The summed E-state index contributed by atoms with van der Waals surface area (Å²) < 4.78 is 5.40. The summed E-state index contributed by atoms with van der Waals surface area (Å²) in [6.07, 6.45) is 4.01. The smallest absolute Gasteiger partial charge is 0.0507 e. The van der Waals surface area contributed by atoms with E-state index in [9.17, 15) is 0 Å². The summed E-state index contributed by atoms with van der Waals surface area (Å²) in [5.41, 5.74) is 0. The molecule has 2 fully saturated rings. The maximum atomic E-state index is 5.40. The zero-order valence-corrected chi connectivity index (χ0v) is 12.3. The van der Waals surface area contributed by atoms with Gasteiger partial charge in [-0.25, -0.2) is 0 Å². The van der Waals surface area contributed by atoms with Crippen molar-refractivity contribution in [3.8, 4) is 0 Å². The molecule has 0 amide bonds. The molecular formula is C15H24N2OS. The largest absolute Gasteiger partial charge is 0.381 e. The highest BCUT2D eigenvalue weighted by molar-refractivity contribution is 7.09. The molecule has 1 N–H and O–H groups in total. The molecule has 1 saturated carbocycles. The van der Waals surface area contributed by atoms with Gasteiger partial charge in [0, 0.05) is 43.7 Å². The molecule has 0 spiro atoms. The molecule has 1 aromatic heterocycles. The van der Waals surface area contributed by atoms with Crippen LogP contribution in [0.1, 0.15) is 24.1 Å². The van der Waals surface area contributed by atoms with E-state index in [0.717, 1.165) is 44.8 Å². The van der Waals surface area contributed by atoms with Crippen LogP contribution < -0.4 is 5.32 Å². The molecule has 1 aliphatic carbocycles. The average Bonchev–Trinajstić information content (AvgIpc) is 2.92. The van der Waals surface area contributed by atoms with Gasteiger partial charge in [-0.1, -0.05) is 6.07 Å². The van der Waals surface area contributed by atoms with E-state index in [1.165, 1.54) is 30.7 Å². The number of rotatable bonds is 8. The Morgan fingerprint density at radius 3 is 3.00 bits per heavy atom. The molecule has 0 aromatic carbocycles. The molecule has 2 heterocycles. The van der Waals surface area contributed by atoms with Gasteiger partial charge in [-0.2, -0.15) is 0 Å². The Labute approximate surface area is 119 Å². The Kier molecular flexibility index (Phi) is 4.88. The predicted molar refractivity (Wildman–Crippen MR) is 79.5 cm³/mol. The van der Waals surface area contributed by atoms with Gasteiger partial charge in [0.25, 0.3) is 0 Å². The van der Waals surface area contributed by atoms with Gasteiger partial charge < -0.3 is 10.1 Å². The maximum Gasteiger partial charge on any atom is 0.0507 e. The van der Waals surface area contributed by atoms with E-state index in [4.69, 9.17) is 4.74 Å². The molecule has 1 atom stereocenters. The third-order valence-corrected chi connectivity index (χ3v) is 4.90. The maximum absolute atomic E-state index is 5.40. The zero-order chi connectivity index (χ0) is 12.9.